The molecule has 75 heavy (non-hydrogen) atoms. The minimum absolute atomic E-state index is 0.00229. The summed E-state index contributed by atoms with van der Waals surface area (Å²) in [5.74, 6) is -0.317. The van der Waals surface area contributed by atoms with Gasteiger partial charge in [-0.15, -0.1) is 0 Å². The van der Waals surface area contributed by atoms with Crippen molar-refractivity contribution < 1.29 is 67.5 Å². The largest absolute Gasteiger partial charge is 0.508 e. The van der Waals surface area contributed by atoms with Gasteiger partial charge in [-0.1, -0.05) is 176 Å². The van der Waals surface area contributed by atoms with Crippen LogP contribution in [0.25, 0.3) is 0 Å². The molecule has 0 radical (unpaired) electrons. The lowest BCUT2D eigenvalue weighted by molar-refractivity contribution is -0.144. The summed E-state index contributed by atoms with van der Waals surface area (Å²) in [7, 11) is 0. The summed E-state index contributed by atoms with van der Waals surface area (Å²) in [5, 5.41) is 18.0. The molecule has 2 atom stereocenters. The number of hydrogen-bond acceptors (Lipinski definition) is 14. The topological polar surface area (TPSA) is 209 Å². The number of aromatic hydroxyl groups is 1. The SMILES string of the molecule is CCCCCCCCOC(=O)CCCCCCCC1OC1CCCCCCCC.CCCCOC(=O)CCCCCCCCC(=O)OCCCC.CCCCOC(=O)c1ccc(O)cc1.O=CCC(O)(C=O)CC=O. The van der Waals surface area contributed by atoms with E-state index >= 15 is 0 Å². The van der Waals surface area contributed by atoms with Crippen LogP contribution in [0.2, 0.25) is 0 Å². The summed E-state index contributed by atoms with van der Waals surface area (Å²) in [6, 6.07) is 6.03. The fourth-order valence-corrected chi connectivity index (χ4v) is 7.61. The smallest absolute Gasteiger partial charge is 0.338 e. The number of phenols is 1. The van der Waals surface area contributed by atoms with E-state index in [9.17, 15) is 33.6 Å². The van der Waals surface area contributed by atoms with Crippen molar-refractivity contribution in [3.63, 3.8) is 0 Å². The maximum absolute atomic E-state index is 11.7. The maximum Gasteiger partial charge on any atom is 0.338 e. The lowest BCUT2D eigenvalue weighted by atomic mass is 10.00. The van der Waals surface area contributed by atoms with Gasteiger partial charge >= 0.3 is 23.9 Å². The third-order valence-corrected chi connectivity index (χ3v) is 12.6. The van der Waals surface area contributed by atoms with E-state index in [0.29, 0.717) is 76.0 Å². The first-order chi connectivity index (χ1) is 36.4. The number of carbonyl (C=O) groups excluding carboxylic acids is 7. The van der Waals surface area contributed by atoms with E-state index < -0.39 is 5.60 Å². The fourth-order valence-electron chi connectivity index (χ4n) is 7.61. The van der Waals surface area contributed by atoms with E-state index in [1.165, 1.54) is 115 Å². The second-order valence-electron chi connectivity index (χ2n) is 19.8. The van der Waals surface area contributed by atoms with Crippen molar-refractivity contribution >= 4 is 42.7 Å². The van der Waals surface area contributed by atoms with Gasteiger partial charge < -0.3 is 48.3 Å². The summed E-state index contributed by atoms with van der Waals surface area (Å²) in [6.45, 7) is 12.9. The minimum Gasteiger partial charge on any atom is -0.508 e. The summed E-state index contributed by atoms with van der Waals surface area (Å²) in [4.78, 5) is 75.5. The lowest BCUT2D eigenvalue weighted by Gasteiger charge is -2.13. The number of benzene rings is 1. The van der Waals surface area contributed by atoms with E-state index in [-0.39, 0.29) is 48.8 Å². The van der Waals surface area contributed by atoms with E-state index in [1.54, 1.807) is 12.1 Å². The first-order valence-corrected chi connectivity index (χ1v) is 29.5. The fraction of sp³-hybridized carbons (Fsp3) is 0.787. The van der Waals surface area contributed by atoms with Crippen LogP contribution in [0.4, 0.5) is 0 Å². The van der Waals surface area contributed by atoms with Crippen molar-refractivity contribution in [1.82, 2.24) is 0 Å². The van der Waals surface area contributed by atoms with Gasteiger partial charge in [-0.2, -0.15) is 0 Å². The van der Waals surface area contributed by atoms with Gasteiger partial charge in [0.2, 0.25) is 0 Å². The van der Waals surface area contributed by atoms with Crippen LogP contribution in [0.1, 0.15) is 276 Å². The third kappa shape index (κ3) is 50.4. The summed E-state index contributed by atoms with van der Waals surface area (Å²) >= 11 is 0. The normalized spacial score (nSPS) is 13.3. The minimum atomic E-state index is -1.77. The number of rotatable bonds is 46. The molecule has 434 valence electrons. The highest BCUT2D eigenvalue weighted by Gasteiger charge is 2.36. The zero-order valence-electron chi connectivity index (χ0n) is 47.8. The van der Waals surface area contributed by atoms with E-state index in [2.05, 4.69) is 27.7 Å². The molecule has 1 aromatic carbocycles. The van der Waals surface area contributed by atoms with Gasteiger partial charge in [-0.25, -0.2) is 4.79 Å². The zero-order valence-corrected chi connectivity index (χ0v) is 47.8. The molecule has 2 unspecified atom stereocenters. The molecule has 1 aromatic rings. The number of hydrogen-bond donors (Lipinski definition) is 2. The Morgan fingerprint density at radius 1 is 0.453 bits per heavy atom. The standard InChI is InChI=1S/C26H50O3.C18H34O4.C11H14O3.C6H8O4/c1-3-5-7-9-12-16-20-24-25(29-24)21-17-13-11-14-18-22-26(27)28-23-19-15-10-8-6-4-2;1-3-5-15-21-17(19)13-11-9-7-8-10-12-14-18(20)22-16-6-4-2;1-2-3-8-14-11(13)9-4-6-10(12)7-5-9;7-3-1-6(10,5-9)2-4-8/h24-25H,3-23H2,1-2H3;3-16H2,1-2H3;4-7,12H,2-3,8H2,1H3;3-5,10H,1-2H2. The van der Waals surface area contributed by atoms with Crippen molar-refractivity contribution in [2.45, 2.75) is 284 Å². The molecule has 1 aliphatic rings. The van der Waals surface area contributed by atoms with Crippen LogP contribution in [0, 0.1) is 0 Å². The van der Waals surface area contributed by atoms with Gasteiger partial charge in [0.1, 0.15) is 23.9 Å². The van der Waals surface area contributed by atoms with Gasteiger partial charge in [-0.3, -0.25) is 14.4 Å². The highest BCUT2D eigenvalue weighted by atomic mass is 16.6. The molecule has 1 saturated heterocycles. The lowest BCUT2D eigenvalue weighted by Crippen LogP contribution is -2.31. The number of aliphatic hydroxyl groups is 1. The monoisotopic (exact) mass is 1060 g/mol. The van der Waals surface area contributed by atoms with Crippen molar-refractivity contribution in [3.05, 3.63) is 29.8 Å². The highest BCUT2D eigenvalue weighted by molar-refractivity contribution is 5.89. The maximum atomic E-state index is 11.7. The second-order valence-corrected chi connectivity index (χ2v) is 19.8. The van der Waals surface area contributed by atoms with Crippen LogP contribution < -0.4 is 0 Å². The molecule has 0 aliphatic carbocycles. The Morgan fingerprint density at radius 3 is 1.13 bits per heavy atom. The molecule has 14 nitrogen and oxygen atoms in total. The molecular formula is C61H106O14. The molecule has 14 heteroatoms. The van der Waals surface area contributed by atoms with Crippen molar-refractivity contribution in [1.29, 1.82) is 0 Å². The van der Waals surface area contributed by atoms with Crippen LogP contribution in [-0.2, 0) is 52.5 Å². The van der Waals surface area contributed by atoms with Gasteiger partial charge in [0.25, 0.3) is 0 Å². The first-order valence-electron chi connectivity index (χ1n) is 29.5. The Hall–Kier alpha value is -4.17. The van der Waals surface area contributed by atoms with Gasteiger partial charge in [-0.05, 0) is 82.1 Å². The second kappa shape index (κ2) is 54.6. The average molecular weight is 1060 g/mol. The molecule has 1 fully saturated rings. The molecule has 0 spiro atoms. The highest BCUT2D eigenvalue weighted by Crippen LogP contribution is 2.32. The molecule has 2 N–H and O–H groups in total. The summed E-state index contributed by atoms with van der Waals surface area (Å²) in [6.07, 6.45) is 39.3. The van der Waals surface area contributed by atoms with E-state index in [0.717, 1.165) is 96.3 Å². The zero-order chi connectivity index (χ0) is 55.9. The Morgan fingerprint density at radius 2 is 0.773 bits per heavy atom. The quantitative estimate of drug-likeness (QED) is 0.0205. The number of unbranched alkanes of at least 4 members (excludes halogenated alkanes) is 22. The van der Waals surface area contributed by atoms with E-state index in [4.69, 9.17) is 33.9 Å². The van der Waals surface area contributed by atoms with Crippen molar-refractivity contribution in [2.24, 2.45) is 0 Å². The number of carbonyl (C=O) groups is 7. The van der Waals surface area contributed by atoms with Crippen LogP contribution in [0.15, 0.2) is 24.3 Å². The first kappa shape index (κ1) is 72.9. The molecule has 0 bridgehead atoms. The van der Waals surface area contributed by atoms with Gasteiger partial charge in [0, 0.05) is 32.1 Å². The Kier molecular flexibility index (Phi) is 53.1. The number of epoxide rings is 1. The predicted octanol–water partition coefficient (Wildman–Crippen LogP) is 14.4. The van der Waals surface area contributed by atoms with Gasteiger partial charge in [0.15, 0.2) is 6.29 Å². The Bertz CT molecular complexity index is 1480. The number of ether oxygens (including phenoxy) is 5. The van der Waals surface area contributed by atoms with Crippen LogP contribution in [-0.4, -0.2) is 97.2 Å². The summed E-state index contributed by atoms with van der Waals surface area (Å²) in [5.41, 5.74) is -1.30. The molecule has 1 aliphatic heterocycles. The third-order valence-electron chi connectivity index (χ3n) is 12.6. The van der Waals surface area contributed by atoms with Crippen LogP contribution in [0.5, 0.6) is 5.75 Å². The predicted molar refractivity (Wildman–Crippen MR) is 298 cm³/mol. The van der Waals surface area contributed by atoms with Crippen molar-refractivity contribution in [2.75, 3.05) is 26.4 Å². The Labute approximate surface area is 454 Å². The van der Waals surface area contributed by atoms with Crippen LogP contribution >= 0.6 is 0 Å². The number of phenolic OH excluding ortho intramolecular Hbond substituents is 1. The average Bonchev–Trinajstić information content (AvgIpc) is 4.16. The molecule has 2 rings (SSSR count). The van der Waals surface area contributed by atoms with E-state index in [1.807, 2.05) is 6.92 Å². The number of esters is 4. The van der Waals surface area contributed by atoms with Crippen LogP contribution in [0.3, 0.4) is 0 Å². The number of aldehydes is 3. The molecule has 1 heterocycles. The molecule has 0 aromatic heterocycles. The Balaban J connectivity index is 0. The van der Waals surface area contributed by atoms with Gasteiger partial charge in [0.05, 0.1) is 44.2 Å². The molecule has 0 saturated carbocycles. The van der Waals surface area contributed by atoms with Crippen molar-refractivity contribution in [3.8, 4) is 5.75 Å². The molecule has 0 amide bonds. The molecular weight excluding hydrogens is 957 g/mol. The summed E-state index contributed by atoms with van der Waals surface area (Å²) < 4.78 is 26.3.